The first-order valence-corrected chi connectivity index (χ1v) is 9.10. The van der Waals surface area contributed by atoms with Gasteiger partial charge in [0, 0.05) is 56.8 Å². The molecule has 26 heavy (non-hydrogen) atoms. The fraction of sp³-hybridized carbons (Fsp3) is 0.381. The number of ether oxygens (including phenoxy) is 1. The van der Waals surface area contributed by atoms with Crippen molar-refractivity contribution in [3.8, 4) is 0 Å². The molecule has 3 rings (SSSR count). The zero-order valence-corrected chi connectivity index (χ0v) is 15.6. The van der Waals surface area contributed by atoms with E-state index >= 15 is 0 Å². The maximum Gasteiger partial charge on any atom is 0.255 e. The van der Waals surface area contributed by atoms with Gasteiger partial charge < -0.3 is 15.0 Å². The monoisotopic (exact) mass is 353 g/mol. The van der Waals surface area contributed by atoms with Gasteiger partial charge in [-0.3, -0.25) is 9.69 Å². The minimum absolute atomic E-state index is 0.0757. The minimum atomic E-state index is -0.0757. The van der Waals surface area contributed by atoms with Gasteiger partial charge >= 0.3 is 0 Å². The number of anilines is 2. The van der Waals surface area contributed by atoms with Crippen molar-refractivity contribution in [3.63, 3.8) is 0 Å². The zero-order chi connectivity index (χ0) is 18.4. The predicted octanol–water partition coefficient (Wildman–Crippen LogP) is 3.02. The van der Waals surface area contributed by atoms with E-state index in [2.05, 4.69) is 27.2 Å². The van der Waals surface area contributed by atoms with Crippen LogP contribution >= 0.6 is 0 Å². The van der Waals surface area contributed by atoms with Gasteiger partial charge in [-0.05, 0) is 43.3 Å². The Bertz CT molecular complexity index is 722. The molecule has 1 aliphatic rings. The Hall–Kier alpha value is -2.37. The van der Waals surface area contributed by atoms with Gasteiger partial charge in [0.05, 0.1) is 6.61 Å². The van der Waals surface area contributed by atoms with Gasteiger partial charge in [-0.1, -0.05) is 17.7 Å². The second-order valence-electron chi connectivity index (χ2n) is 6.69. The molecule has 5 heteroatoms. The highest BCUT2D eigenvalue weighted by Crippen LogP contribution is 2.20. The van der Waals surface area contributed by atoms with E-state index in [0.717, 1.165) is 50.6 Å². The highest BCUT2D eigenvalue weighted by molar-refractivity contribution is 6.04. The molecule has 0 bridgehead atoms. The second kappa shape index (κ2) is 8.83. The molecule has 0 atom stereocenters. The summed E-state index contributed by atoms with van der Waals surface area (Å²) in [6.07, 6.45) is 0. The van der Waals surface area contributed by atoms with Crippen LogP contribution in [0.4, 0.5) is 11.4 Å². The van der Waals surface area contributed by atoms with Crippen molar-refractivity contribution in [1.29, 1.82) is 0 Å². The SMILES string of the molecule is COCCN1CCN(c2ccc(NC(=O)c3cccc(C)c3)cc2)CC1. The first-order chi connectivity index (χ1) is 12.7. The maximum absolute atomic E-state index is 12.3. The molecule has 1 saturated heterocycles. The Morgan fingerprint density at radius 3 is 2.46 bits per heavy atom. The van der Waals surface area contributed by atoms with E-state index in [-0.39, 0.29) is 5.91 Å². The van der Waals surface area contributed by atoms with Crippen LogP contribution in [0.15, 0.2) is 48.5 Å². The molecule has 1 fully saturated rings. The summed E-state index contributed by atoms with van der Waals surface area (Å²) < 4.78 is 5.15. The molecule has 1 heterocycles. The molecule has 0 unspecified atom stereocenters. The van der Waals surface area contributed by atoms with E-state index in [0.29, 0.717) is 5.56 Å². The van der Waals surface area contributed by atoms with Crippen LogP contribution in [0.1, 0.15) is 15.9 Å². The Kier molecular flexibility index (Phi) is 6.26. The van der Waals surface area contributed by atoms with Crippen LogP contribution in [-0.4, -0.2) is 57.2 Å². The lowest BCUT2D eigenvalue weighted by Gasteiger charge is -2.36. The number of hydrogen-bond donors (Lipinski definition) is 1. The van der Waals surface area contributed by atoms with E-state index in [1.807, 2.05) is 43.3 Å². The molecule has 0 radical (unpaired) electrons. The van der Waals surface area contributed by atoms with E-state index in [4.69, 9.17) is 4.74 Å². The van der Waals surface area contributed by atoms with Crippen molar-refractivity contribution in [3.05, 3.63) is 59.7 Å². The standard InChI is InChI=1S/C21H27N3O2/c1-17-4-3-5-18(16-17)21(25)22-19-6-8-20(9-7-19)24-12-10-23(11-13-24)14-15-26-2/h3-9,16H,10-15H2,1-2H3,(H,22,25). The molecular formula is C21H27N3O2. The average molecular weight is 353 g/mol. The number of carbonyl (C=O) groups is 1. The number of aryl methyl sites for hydroxylation is 1. The van der Waals surface area contributed by atoms with Crippen LogP contribution in [-0.2, 0) is 4.74 Å². The van der Waals surface area contributed by atoms with Crippen molar-refractivity contribution in [2.75, 3.05) is 56.7 Å². The highest BCUT2D eigenvalue weighted by atomic mass is 16.5. The lowest BCUT2D eigenvalue weighted by molar-refractivity contribution is 0.102. The molecule has 0 saturated carbocycles. The van der Waals surface area contributed by atoms with Gasteiger partial charge in [-0.25, -0.2) is 0 Å². The first kappa shape index (κ1) is 18.4. The summed E-state index contributed by atoms with van der Waals surface area (Å²) in [4.78, 5) is 17.1. The van der Waals surface area contributed by atoms with Gasteiger partial charge in [0.15, 0.2) is 0 Å². The van der Waals surface area contributed by atoms with E-state index in [1.165, 1.54) is 5.69 Å². The number of nitrogens with one attached hydrogen (secondary N) is 1. The fourth-order valence-electron chi connectivity index (χ4n) is 3.20. The van der Waals surface area contributed by atoms with Crippen LogP contribution < -0.4 is 10.2 Å². The molecule has 0 spiro atoms. The molecule has 2 aromatic carbocycles. The maximum atomic E-state index is 12.3. The third kappa shape index (κ3) is 4.84. The molecule has 5 nitrogen and oxygen atoms in total. The number of piperazine rings is 1. The molecule has 1 N–H and O–H groups in total. The van der Waals surface area contributed by atoms with Gasteiger partial charge in [0.2, 0.25) is 0 Å². The predicted molar refractivity (Wildman–Crippen MR) is 106 cm³/mol. The lowest BCUT2D eigenvalue weighted by atomic mass is 10.1. The van der Waals surface area contributed by atoms with E-state index in [1.54, 1.807) is 7.11 Å². The first-order valence-electron chi connectivity index (χ1n) is 9.10. The third-order valence-electron chi connectivity index (χ3n) is 4.75. The smallest absolute Gasteiger partial charge is 0.255 e. The normalized spacial score (nSPS) is 15.1. The van der Waals surface area contributed by atoms with Crippen molar-refractivity contribution in [1.82, 2.24) is 4.90 Å². The molecule has 1 aliphatic heterocycles. The molecule has 0 aromatic heterocycles. The van der Waals surface area contributed by atoms with Crippen molar-refractivity contribution < 1.29 is 9.53 Å². The van der Waals surface area contributed by atoms with Crippen LogP contribution in [0.2, 0.25) is 0 Å². The summed E-state index contributed by atoms with van der Waals surface area (Å²) in [6, 6.07) is 15.7. The molecular weight excluding hydrogens is 326 g/mol. The van der Waals surface area contributed by atoms with Crippen molar-refractivity contribution in [2.45, 2.75) is 6.92 Å². The summed E-state index contributed by atoms with van der Waals surface area (Å²) in [6.45, 7) is 7.89. The summed E-state index contributed by atoms with van der Waals surface area (Å²) in [5.41, 5.74) is 3.78. The Morgan fingerprint density at radius 2 is 1.81 bits per heavy atom. The van der Waals surface area contributed by atoms with E-state index in [9.17, 15) is 4.79 Å². The van der Waals surface area contributed by atoms with Crippen LogP contribution in [0, 0.1) is 6.92 Å². The Morgan fingerprint density at radius 1 is 1.08 bits per heavy atom. The van der Waals surface area contributed by atoms with Crippen LogP contribution in [0.25, 0.3) is 0 Å². The van der Waals surface area contributed by atoms with Crippen LogP contribution in [0.3, 0.4) is 0 Å². The van der Waals surface area contributed by atoms with E-state index < -0.39 is 0 Å². The Labute approximate surface area is 155 Å². The minimum Gasteiger partial charge on any atom is -0.383 e. The quantitative estimate of drug-likeness (QED) is 0.867. The average Bonchev–Trinajstić information content (AvgIpc) is 2.67. The van der Waals surface area contributed by atoms with Gasteiger partial charge in [-0.2, -0.15) is 0 Å². The number of carbonyl (C=O) groups excluding carboxylic acids is 1. The highest BCUT2D eigenvalue weighted by Gasteiger charge is 2.16. The largest absolute Gasteiger partial charge is 0.383 e. The number of hydrogen-bond acceptors (Lipinski definition) is 4. The van der Waals surface area contributed by atoms with Crippen molar-refractivity contribution in [2.24, 2.45) is 0 Å². The van der Waals surface area contributed by atoms with Crippen LogP contribution in [0.5, 0.6) is 0 Å². The van der Waals surface area contributed by atoms with Gasteiger partial charge in [-0.15, -0.1) is 0 Å². The summed E-state index contributed by atoms with van der Waals surface area (Å²) in [7, 11) is 1.75. The number of benzene rings is 2. The van der Waals surface area contributed by atoms with Gasteiger partial charge in [0.1, 0.15) is 0 Å². The molecule has 0 aliphatic carbocycles. The number of amides is 1. The molecule has 138 valence electrons. The lowest BCUT2D eigenvalue weighted by Crippen LogP contribution is -2.47. The summed E-state index contributed by atoms with van der Waals surface area (Å²) in [5, 5.41) is 2.97. The molecule has 2 aromatic rings. The Balaban J connectivity index is 1.55. The number of nitrogens with zero attached hydrogens (tertiary/aromatic N) is 2. The van der Waals surface area contributed by atoms with Crippen molar-refractivity contribution >= 4 is 17.3 Å². The zero-order valence-electron chi connectivity index (χ0n) is 15.6. The third-order valence-corrected chi connectivity index (χ3v) is 4.75. The summed E-state index contributed by atoms with van der Waals surface area (Å²) >= 11 is 0. The molecule has 1 amide bonds. The summed E-state index contributed by atoms with van der Waals surface area (Å²) in [5.74, 6) is -0.0757. The fourth-order valence-corrected chi connectivity index (χ4v) is 3.20. The topological polar surface area (TPSA) is 44.8 Å². The second-order valence-corrected chi connectivity index (χ2v) is 6.69. The number of methoxy groups -OCH3 is 1. The number of rotatable bonds is 6. The van der Waals surface area contributed by atoms with Gasteiger partial charge in [0.25, 0.3) is 5.91 Å².